The van der Waals surface area contributed by atoms with Gasteiger partial charge >= 0.3 is 0 Å². The molecule has 1 spiro atoms. The molecule has 20 nitrogen and oxygen atoms in total. The molecule has 4 aliphatic heterocycles. The van der Waals surface area contributed by atoms with E-state index in [2.05, 4.69) is 20.8 Å². The second kappa shape index (κ2) is 20.1. The van der Waals surface area contributed by atoms with Gasteiger partial charge in [0.15, 0.2) is 18.9 Å². The Balaban J connectivity index is 0.933. The summed E-state index contributed by atoms with van der Waals surface area (Å²) in [6.07, 6.45) is -16.2. The highest BCUT2D eigenvalue weighted by Crippen LogP contribution is 2.75. The minimum atomic E-state index is -1.81. The highest BCUT2D eigenvalue weighted by Gasteiger charge is 2.71. The molecule has 0 radical (unpaired) electrons. The van der Waals surface area contributed by atoms with Crippen LogP contribution in [0.25, 0.3) is 0 Å². The van der Waals surface area contributed by atoms with Crippen molar-refractivity contribution in [3.63, 3.8) is 0 Å². The standard InChI is InChI=1S/C48H82O20/c1-22(19-62-41-37(59)34(56)31(53)25(16-49)64-41)24-8-13-48(21-63-24)15-14-46(4)23(40(48)61)6-7-29-44(2)11-10-30(45(3,20-52)28(44)9-12-47(29,46)5)67-43-39(36(58)33(55)27(18-51)66-43)68-42-38(60)35(57)32(54)26(17-50)65-42/h22-43,49-61H,6-21H2,1-5H3/t22-,23+,24-,25+,26+,27+,28+,29+,30-,31+,32+,33+,34-,35-,36-,37+,38+,39+,40+,41+,42-,43-,44-,45-,46+,47+,48+/m1/s1. The second-order valence-corrected chi connectivity index (χ2v) is 23.2. The molecule has 68 heavy (non-hydrogen) atoms. The number of fused-ring (bicyclic) bond motifs is 5. The molecule has 20 heteroatoms. The SMILES string of the molecule is C[C@H](CO[C@H]1O[C@@H](CO)[C@H](O)[C@@H](O)[C@@H]1O)[C@H]1CC[C@]2(CC[C@@]3(C)[C@@H](CC[C@H]4[C@]5(C)CC[C@@H](O[C@H]6O[C@@H](CO)[C@H](O)[C@@H](O)[C@@H]6O[C@H]6O[C@@H](CO)[C@H](O)[C@@H](O)[C@@H]6O)[C@](C)(CO)[C@H]5CC[C@@]43C)[C@@H]2O)CO1. The van der Waals surface area contributed by atoms with Crippen molar-refractivity contribution < 1.29 is 99.5 Å². The molecule has 27 atom stereocenters. The summed E-state index contributed by atoms with van der Waals surface area (Å²) in [5, 5.41) is 138. The lowest BCUT2D eigenvalue weighted by molar-refractivity contribution is -0.380. The van der Waals surface area contributed by atoms with Crippen molar-refractivity contribution in [3.05, 3.63) is 0 Å². The molecule has 8 aliphatic rings. The Morgan fingerprint density at radius 1 is 0.544 bits per heavy atom. The van der Waals surface area contributed by atoms with Crippen molar-refractivity contribution in [2.24, 2.45) is 50.7 Å². The average Bonchev–Trinajstić information content (AvgIpc) is 3.33. The molecule has 0 aromatic rings. The fraction of sp³-hybridized carbons (Fsp3) is 1.00. The van der Waals surface area contributed by atoms with Crippen molar-refractivity contribution in [3.8, 4) is 0 Å². The van der Waals surface area contributed by atoms with Crippen molar-refractivity contribution in [1.29, 1.82) is 0 Å². The lowest BCUT2D eigenvalue weighted by atomic mass is 9.33. The first-order chi connectivity index (χ1) is 32.1. The second-order valence-electron chi connectivity index (χ2n) is 23.2. The minimum absolute atomic E-state index is 0.0234. The quantitative estimate of drug-likeness (QED) is 0.0943. The van der Waals surface area contributed by atoms with Gasteiger partial charge in [-0.1, -0.05) is 34.6 Å². The fourth-order valence-corrected chi connectivity index (χ4v) is 15.4. The predicted octanol–water partition coefficient (Wildman–Crippen LogP) is -1.98. The molecule has 8 rings (SSSR count). The van der Waals surface area contributed by atoms with Crippen LogP contribution in [-0.2, 0) is 33.2 Å². The molecular formula is C48H82O20. The molecule has 0 aromatic carbocycles. The Morgan fingerprint density at radius 3 is 1.72 bits per heavy atom. The van der Waals surface area contributed by atoms with Crippen molar-refractivity contribution in [2.45, 2.75) is 209 Å². The lowest BCUT2D eigenvalue weighted by Gasteiger charge is -2.73. The molecule has 0 bridgehead atoms. The number of aliphatic hydroxyl groups excluding tert-OH is 13. The normalized spacial score (nSPS) is 55.8. The summed E-state index contributed by atoms with van der Waals surface area (Å²) in [5.74, 6) is 0.159. The zero-order valence-corrected chi connectivity index (χ0v) is 40.2. The third-order valence-corrected chi connectivity index (χ3v) is 20.0. The van der Waals surface area contributed by atoms with Gasteiger partial charge in [0.05, 0.1) is 58.0 Å². The smallest absolute Gasteiger partial charge is 0.187 e. The largest absolute Gasteiger partial charge is 0.396 e. The summed E-state index contributed by atoms with van der Waals surface area (Å²) in [7, 11) is 0. The van der Waals surface area contributed by atoms with Gasteiger partial charge in [-0.15, -0.1) is 0 Å². The molecule has 4 saturated heterocycles. The van der Waals surface area contributed by atoms with Crippen molar-refractivity contribution in [1.82, 2.24) is 0 Å². The Hall–Kier alpha value is -0.800. The maximum atomic E-state index is 12.6. The van der Waals surface area contributed by atoms with E-state index in [9.17, 15) is 66.4 Å². The van der Waals surface area contributed by atoms with E-state index in [1.54, 1.807) is 0 Å². The van der Waals surface area contributed by atoms with E-state index in [0.29, 0.717) is 19.4 Å². The van der Waals surface area contributed by atoms with E-state index in [4.69, 9.17) is 33.2 Å². The van der Waals surface area contributed by atoms with Crippen LogP contribution in [0.5, 0.6) is 0 Å². The molecule has 0 unspecified atom stereocenters. The summed E-state index contributed by atoms with van der Waals surface area (Å²) < 4.78 is 42.3. The zero-order chi connectivity index (χ0) is 49.5. The van der Waals surface area contributed by atoms with Gasteiger partial charge in [0.25, 0.3) is 0 Å². The first-order valence-corrected chi connectivity index (χ1v) is 25.2. The summed E-state index contributed by atoms with van der Waals surface area (Å²) in [4.78, 5) is 0. The highest BCUT2D eigenvalue weighted by molar-refractivity contribution is 5.19. The van der Waals surface area contributed by atoms with Crippen LogP contribution in [0.15, 0.2) is 0 Å². The highest BCUT2D eigenvalue weighted by atomic mass is 16.8. The lowest BCUT2D eigenvalue weighted by Crippen LogP contribution is -2.69. The van der Waals surface area contributed by atoms with Crippen LogP contribution in [0.2, 0.25) is 0 Å². The maximum Gasteiger partial charge on any atom is 0.187 e. The fourth-order valence-electron chi connectivity index (χ4n) is 15.4. The molecule has 0 aromatic heterocycles. The van der Waals surface area contributed by atoms with Gasteiger partial charge in [0.1, 0.15) is 73.2 Å². The third kappa shape index (κ3) is 8.66. The molecule has 13 N–H and O–H groups in total. The van der Waals surface area contributed by atoms with E-state index >= 15 is 0 Å². The summed E-state index contributed by atoms with van der Waals surface area (Å²) in [5.41, 5.74) is -1.81. The first-order valence-electron chi connectivity index (χ1n) is 25.2. The van der Waals surface area contributed by atoms with Crippen molar-refractivity contribution >= 4 is 0 Å². The van der Waals surface area contributed by atoms with E-state index < -0.39 is 135 Å². The molecule has 0 amide bonds. The molecule has 4 saturated carbocycles. The van der Waals surface area contributed by atoms with Crippen LogP contribution < -0.4 is 0 Å². The summed E-state index contributed by atoms with van der Waals surface area (Å²) in [6, 6.07) is 0. The van der Waals surface area contributed by atoms with Crippen LogP contribution in [0.4, 0.5) is 0 Å². The minimum Gasteiger partial charge on any atom is -0.396 e. The van der Waals surface area contributed by atoms with E-state index in [-0.39, 0.29) is 59.2 Å². The van der Waals surface area contributed by atoms with Gasteiger partial charge in [0.2, 0.25) is 0 Å². The zero-order valence-electron chi connectivity index (χ0n) is 40.2. The number of ether oxygens (including phenoxy) is 7. The number of hydrogen-bond acceptors (Lipinski definition) is 20. The number of aliphatic hydroxyl groups is 13. The maximum absolute atomic E-state index is 12.6. The monoisotopic (exact) mass is 979 g/mol. The molecule has 8 fully saturated rings. The van der Waals surface area contributed by atoms with Crippen LogP contribution >= 0.6 is 0 Å². The third-order valence-electron chi connectivity index (χ3n) is 20.0. The molecular weight excluding hydrogens is 897 g/mol. The Bertz CT molecular complexity index is 1690. The Kier molecular flexibility index (Phi) is 15.8. The number of rotatable bonds is 12. The van der Waals surface area contributed by atoms with Crippen LogP contribution in [-0.4, -0.2) is 216 Å². The van der Waals surface area contributed by atoms with Crippen molar-refractivity contribution in [2.75, 3.05) is 39.6 Å². The average molecular weight is 979 g/mol. The predicted molar refractivity (Wildman–Crippen MR) is 234 cm³/mol. The molecule has 394 valence electrons. The van der Waals surface area contributed by atoms with Crippen LogP contribution in [0.1, 0.15) is 98.8 Å². The first kappa shape index (κ1) is 53.5. The van der Waals surface area contributed by atoms with Gasteiger partial charge in [-0.25, -0.2) is 0 Å². The molecule has 4 aliphatic carbocycles. The van der Waals surface area contributed by atoms with Gasteiger partial charge in [0, 0.05) is 16.7 Å². The molecule has 4 heterocycles. The van der Waals surface area contributed by atoms with E-state index in [1.807, 2.05) is 13.8 Å². The van der Waals surface area contributed by atoms with E-state index in [0.717, 1.165) is 51.4 Å². The van der Waals surface area contributed by atoms with Gasteiger partial charge in [-0.3, -0.25) is 0 Å². The summed E-state index contributed by atoms with van der Waals surface area (Å²) >= 11 is 0. The van der Waals surface area contributed by atoms with Crippen LogP contribution in [0.3, 0.4) is 0 Å². The van der Waals surface area contributed by atoms with Crippen LogP contribution in [0, 0.1) is 50.7 Å². The van der Waals surface area contributed by atoms with Gasteiger partial charge in [-0.2, -0.15) is 0 Å². The number of hydrogen-bond donors (Lipinski definition) is 13. The van der Waals surface area contributed by atoms with Gasteiger partial charge in [-0.05, 0) is 98.2 Å². The van der Waals surface area contributed by atoms with Gasteiger partial charge < -0.3 is 99.5 Å². The summed E-state index contributed by atoms with van der Waals surface area (Å²) in [6.45, 7) is 9.52. The topological polar surface area (TPSA) is 328 Å². The Morgan fingerprint density at radius 2 is 1.13 bits per heavy atom. The van der Waals surface area contributed by atoms with E-state index in [1.165, 1.54) is 0 Å². The Labute approximate surface area is 398 Å².